The van der Waals surface area contributed by atoms with Gasteiger partial charge in [0.2, 0.25) is 0 Å². The molecule has 0 aromatic rings. The van der Waals surface area contributed by atoms with Crippen LogP contribution >= 0.6 is 0 Å². The van der Waals surface area contributed by atoms with Crippen LogP contribution in [0.15, 0.2) is 60.8 Å². The summed E-state index contributed by atoms with van der Waals surface area (Å²) in [4.78, 5) is 37.5. The average molecular weight is 1220 g/mol. The first-order valence-corrected chi connectivity index (χ1v) is 37.4. The van der Waals surface area contributed by atoms with Crippen molar-refractivity contribution >= 4 is 17.9 Å². The van der Waals surface area contributed by atoms with E-state index in [-0.39, 0.29) is 32.2 Å². The summed E-state index contributed by atoms with van der Waals surface area (Å²) < 4.78 is 22.8. The second-order valence-corrected chi connectivity index (χ2v) is 26.6. The van der Waals surface area contributed by atoms with Crippen LogP contribution in [0.3, 0.4) is 0 Å². The van der Waals surface area contributed by atoms with E-state index in [4.69, 9.17) is 18.9 Å². The van der Waals surface area contributed by atoms with Gasteiger partial charge in [0, 0.05) is 12.8 Å². The highest BCUT2D eigenvalue weighted by Crippen LogP contribution is 2.19. The number of aliphatic carboxylic acids is 1. The number of hydrogen-bond donors (Lipinski definition) is 0. The number of carbonyl (C=O) groups excluding carboxylic acids is 3. The number of carbonyl (C=O) groups is 3. The van der Waals surface area contributed by atoms with Crippen molar-refractivity contribution in [1.82, 2.24) is 0 Å². The van der Waals surface area contributed by atoms with Crippen molar-refractivity contribution in [2.45, 2.75) is 373 Å². The minimum Gasteiger partial charge on any atom is -0.545 e. The van der Waals surface area contributed by atoms with Gasteiger partial charge in [0.05, 0.1) is 40.3 Å². The van der Waals surface area contributed by atoms with Crippen LogP contribution in [0, 0.1) is 0 Å². The maximum atomic E-state index is 12.9. The second-order valence-electron chi connectivity index (χ2n) is 26.6. The molecule has 0 aliphatic carbocycles. The summed E-state index contributed by atoms with van der Waals surface area (Å²) in [7, 11) is 5.94. The molecule has 0 N–H and O–H groups in total. The third kappa shape index (κ3) is 70.3. The Morgan fingerprint density at radius 2 is 0.655 bits per heavy atom. The normalized spacial score (nSPS) is 13.0. The zero-order chi connectivity index (χ0) is 63.3. The molecule has 0 heterocycles. The van der Waals surface area contributed by atoms with Crippen molar-refractivity contribution < 1.29 is 42.9 Å². The number of unbranched alkanes of at least 4 members (excludes halogenated alkanes) is 45. The molecule has 2 unspecified atom stereocenters. The van der Waals surface area contributed by atoms with Crippen LogP contribution in [-0.4, -0.2) is 82.3 Å². The summed E-state index contributed by atoms with van der Waals surface area (Å²) in [6.45, 7) is 4.69. The lowest BCUT2D eigenvalue weighted by Gasteiger charge is -2.26. The average Bonchev–Trinajstić information content (AvgIpc) is 3.57. The zero-order valence-electron chi connectivity index (χ0n) is 58.2. The molecule has 0 bridgehead atoms. The number of ether oxygens (including phenoxy) is 4. The van der Waals surface area contributed by atoms with Gasteiger partial charge >= 0.3 is 11.9 Å². The van der Waals surface area contributed by atoms with Gasteiger partial charge in [-0.1, -0.05) is 351 Å². The first-order chi connectivity index (χ1) is 42.6. The number of allylic oxidation sites excluding steroid dienone is 10. The quantitative estimate of drug-likeness (QED) is 0.0195. The number of carboxylic acids is 1. The van der Waals surface area contributed by atoms with E-state index in [0.29, 0.717) is 23.9 Å². The SMILES string of the molecule is CC/C=C\C/C=C\C/C=C\C/C=C\C/C=C\CCCCCCCCCCCCCCCC(=O)OC(COC(=O)CCCCCCCCCCCCCCCCCCCCCCCCCCCCCCCCCCC)COC(OCC[N+](C)(C)C)C(=O)[O-]. The van der Waals surface area contributed by atoms with E-state index >= 15 is 0 Å². The fourth-order valence-electron chi connectivity index (χ4n) is 11.1. The van der Waals surface area contributed by atoms with Crippen molar-refractivity contribution in [3.63, 3.8) is 0 Å². The number of rotatable bonds is 70. The Hall–Kier alpha value is -3.01. The lowest BCUT2D eigenvalue weighted by atomic mass is 10.0. The lowest BCUT2D eigenvalue weighted by molar-refractivity contribution is -0.870. The molecule has 0 fully saturated rings. The Balaban J connectivity index is 4.03. The van der Waals surface area contributed by atoms with E-state index in [2.05, 4.69) is 74.6 Å². The molecule has 0 amide bonds. The predicted octanol–water partition coefficient (Wildman–Crippen LogP) is 22.1. The Bertz CT molecular complexity index is 1610. The highest BCUT2D eigenvalue weighted by Gasteiger charge is 2.22. The third-order valence-electron chi connectivity index (χ3n) is 16.8. The molecule has 0 saturated carbocycles. The standard InChI is InChI=1S/C78H143NO8/c1-6-8-10-12-14-16-18-20-22-24-26-28-30-32-34-36-37-38-39-41-42-44-46-48-50-52-54-56-58-60-62-64-66-68-75(80)85-72-74(73-86-78(77(82)83)84-71-70-79(3,4)5)87-76(81)69-67-65-63-61-59-57-55-53-51-49-47-45-43-40-35-33-31-29-27-25-23-21-19-17-15-13-11-9-7-2/h9,11,15,17,21,23,27,29,33,35,74,78H,6-8,10,12-14,16,18-20,22,24-26,28,30-32,34,36-73H2,1-5H3/b11-9-,17-15-,23-21-,29-27-,35-33-. The number of carboxylic acid groups (broad SMARTS) is 1. The van der Waals surface area contributed by atoms with Gasteiger partial charge in [0.25, 0.3) is 0 Å². The maximum absolute atomic E-state index is 12.9. The second kappa shape index (κ2) is 68.9. The van der Waals surface area contributed by atoms with Crippen molar-refractivity contribution in [3.05, 3.63) is 60.8 Å². The summed E-state index contributed by atoms with van der Waals surface area (Å²) >= 11 is 0. The number of hydrogen-bond acceptors (Lipinski definition) is 8. The van der Waals surface area contributed by atoms with E-state index in [1.54, 1.807) is 0 Å². The third-order valence-corrected chi connectivity index (χ3v) is 16.8. The lowest BCUT2D eigenvalue weighted by Crippen LogP contribution is -2.44. The monoisotopic (exact) mass is 1220 g/mol. The molecule has 0 saturated heterocycles. The molecule has 0 aromatic carbocycles. The maximum Gasteiger partial charge on any atom is 0.306 e. The molecule has 0 spiro atoms. The summed E-state index contributed by atoms with van der Waals surface area (Å²) in [5, 5.41) is 11.8. The van der Waals surface area contributed by atoms with Gasteiger partial charge < -0.3 is 33.3 Å². The van der Waals surface area contributed by atoms with Crippen LogP contribution in [0.5, 0.6) is 0 Å². The Morgan fingerprint density at radius 1 is 0.356 bits per heavy atom. The van der Waals surface area contributed by atoms with E-state index in [1.165, 1.54) is 257 Å². The molecule has 9 heteroatoms. The van der Waals surface area contributed by atoms with Gasteiger partial charge in [-0.15, -0.1) is 0 Å². The van der Waals surface area contributed by atoms with Crippen LogP contribution < -0.4 is 5.11 Å². The van der Waals surface area contributed by atoms with Crippen LogP contribution in [0.1, 0.15) is 361 Å². The van der Waals surface area contributed by atoms with E-state index in [0.717, 1.165) is 70.6 Å². The van der Waals surface area contributed by atoms with Gasteiger partial charge in [0.1, 0.15) is 13.2 Å². The van der Waals surface area contributed by atoms with Crippen LogP contribution in [0.25, 0.3) is 0 Å². The first-order valence-electron chi connectivity index (χ1n) is 37.4. The Kier molecular flexibility index (Phi) is 66.5. The predicted molar refractivity (Wildman–Crippen MR) is 371 cm³/mol. The minimum absolute atomic E-state index is 0.148. The van der Waals surface area contributed by atoms with Gasteiger partial charge in [-0.25, -0.2) is 0 Å². The number of esters is 2. The van der Waals surface area contributed by atoms with E-state index < -0.39 is 24.3 Å². The summed E-state index contributed by atoms with van der Waals surface area (Å²) in [5.74, 6) is -2.26. The summed E-state index contributed by atoms with van der Waals surface area (Å²) in [6, 6.07) is 0. The molecular formula is C78H143NO8. The Labute approximate surface area is 539 Å². The van der Waals surface area contributed by atoms with Crippen LogP contribution in [-0.2, 0) is 33.3 Å². The molecule has 0 rings (SSSR count). The summed E-state index contributed by atoms with van der Waals surface area (Å²) in [5.41, 5.74) is 0. The Morgan fingerprint density at radius 3 is 0.977 bits per heavy atom. The van der Waals surface area contributed by atoms with Crippen LogP contribution in [0.4, 0.5) is 0 Å². The van der Waals surface area contributed by atoms with Gasteiger partial charge in [-0.2, -0.15) is 0 Å². The van der Waals surface area contributed by atoms with Crippen LogP contribution in [0.2, 0.25) is 0 Å². The van der Waals surface area contributed by atoms with Gasteiger partial charge in [-0.05, 0) is 57.8 Å². The first kappa shape index (κ1) is 84.0. The number of nitrogens with zero attached hydrogens (tertiary/aromatic N) is 1. The highest BCUT2D eigenvalue weighted by molar-refractivity contribution is 5.70. The summed E-state index contributed by atoms with van der Waals surface area (Å²) in [6.07, 6.45) is 87.6. The fraction of sp³-hybridized carbons (Fsp3) is 0.833. The zero-order valence-corrected chi connectivity index (χ0v) is 58.2. The number of likely N-dealkylation sites (N-methyl/N-ethyl adjacent to an activating group) is 1. The molecule has 0 aromatic heterocycles. The smallest absolute Gasteiger partial charge is 0.306 e. The topological polar surface area (TPSA) is 111 Å². The molecule has 0 aliphatic rings. The minimum atomic E-state index is -1.62. The molecular weight excluding hydrogens is 1080 g/mol. The van der Waals surface area contributed by atoms with Gasteiger partial charge in [-0.3, -0.25) is 9.59 Å². The van der Waals surface area contributed by atoms with Crippen molar-refractivity contribution in [3.8, 4) is 0 Å². The van der Waals surface area contributed by atoms with Crippen molar-refractivity contribution in [1.29, 1.82) is 0 Å². The molecule has 508 valence electrons. The van der Waals surface area contributed by atoms with E-state index in [9.17, 15) is 19.5 Å². The van der Waals surface area contributed by atoms with Crippen molar-refractivity contribution in [2.24, 2.45) is 0 Å². The molecule has 0 radical (unpaired) electrons. The largest absolute Gasteiger partial charge is 0.545 e. The fourth-order valence-corrected chi connectivity index (χ4v) is 11.1. The molecule has 9 nitrogen and oxygen atoms in total. The molecule has 2 atom stereocenters. The number of quaternary nitrogens is 1. The molecule has 87 heavy (non-hydrogen) atoms. The van der Waals surface area contributed by atoms with Crippen molar-refractivity contribution in [2.75, 3.05) is 47.5 Å². The van der Waals surface area contributed by atoms with Gasteiger partial charge in [0.15, 0.2) is 12.4 Å². The highest BCUT2D eigenvalue weighted by atomic mass is 16.7. The molecule has 0 aliphatic heterocycles. The van der Waals surface area contributed by atoms with E-state index in [1.807, 2.05) is 21.1 Å².